The summed E-state index contributed by atoms with van der Waals surface area (Å²) in [5, 5.41) is 2.82. The van der Waals surface area contributed by atoms with Crippen LogP contribution in [0.2, 0.25) is 5.28 Å². The number of halogens is 1. The zero-order valence-electron chi connectivity index (χ0n) is 10.4. The fourth-order valence-corrected chi connectivity index (χ4v) is 2.62. The summed E-state index contributed by atoms with van der Waals surface area (Å²) in [6, 6.07) is -0.220. The molecule has 2 aromatic heterocycles. The molecule has 0 saturated carbocycles. The smallest absolute Gasteiger partial charge is 0.242 e. The van der Waals surface area contributed by atoms with Crippen LogP contribution >= 0.6 is 11.6 Å². The average molecular weight is 281 g/mol. The van der Waals surface area contributed by atoms with Crippen molar-refractivity contribution in [1.29, 1.82) is 0 Å². The summed E-state index contributed by atoms with van der Waals surface area (Å²) in [6.45, 7) is 0.763. The number of rotatable bonds is 2. The first-order chi connectivity index (χ1) is 9.20. The molecule has 2 N–H and O–H groups in total. The summed E-state index contributed by atoms with van der Waals surface area (Å²) in [6.07, 6.45) is 3.29. The van der Waals surface area contributed by atoms with Crippen LogP contribution < -0.4 is 10.2 Å². The van der Waals surface area contributed by atoms with E-state index in [0.717, 1.165) is 19.4 Å². The first-order valence-corrected chi connectivity index (χ1v) is 6.43. The fraction of sp³-hybridized carbons (Fsp3) is 0.455. The molecule has 0 aromatic carbocycles. The summed E-state index contributed by atoms with van der Waals surface area (Å²) in [4.78, 5) is 29.2. The summed E-state index contributed by atoms with van der Waals surface area (Å²) in [5.74, 6) is 0.624. The predicted molar refractivity (Wildman–Crippen MR) is 71.1 cm³/mol. The molecule has 3 heterocycles. The van der Waals surface area contributed by atoms with E-state index in [9.17, 15) is 4.79 Å². The molecule has 0 aliphatic carbocycles. The largest absolute Gasteiger partial charge is 0.357 e. The van der Waals surface area contributed by atoms with E-state index in [1.54, 1.807) is 13.4 Å². The Bertz CT molecular complexity index is 627. The van der Waals surface area contributed by atoms with Crippen LogP contribution in [0.5, 0.6) is 0 Å². The first-order valence-electron chi connectivity index (χ1n) is 6.05. The molecule has 1 unspecified atom stereocenters. The average Bonchev–Trinajstić information content (AvgIpc) is 3.04. The minimum absolute atomic E-state index is 0.0140. The van der Waals surface area contributed by atoms with Gasteiger partial charge in [-0.1, -0.05) is 0 Å². The third-order valence-electron chi connectivity index (χ3n) is 3.31. The van der Waals surface area contributed by atoms with Crippen molar-refractivity contribution in [1.82, 2.24) is 25.3 Å². The summed E-state index contributed by atoms with van der Waals surface area (Å²) >= 11 is 5.92. The van der Waals surface area contributed by atoms with Crippen molar-refractivity contribution in [2.45, 2.75) is 18.9 Å². The molecule has 8 heteroatoms. The highest BCUT2D eigenvalue weighted by molar-refractivity contribution is 6.28. The minimum atomic E-state index is -0.220. The zero-order valence-corrected chi connectivity index (χ0v) is 11.1. The Labute approximate surface area is 114 Å². The molecule has 0 radical (unpaired) electrons. The van der Waals surface area contributed by atoms with Gasteiger partial charge in [0.05, 0.1) is 6.33 Å². The predicted octanol–water partition coefficient (Wildman–Crippen LogP) is 0.721. The molecule has 1 aliphatic rings. The highest BCUT2D eigenvalue weighted by atomic mass is 35.5. The number of hydrogen-bond acceptors (Lipinski definition) is 5. The minimum Gasteiger partial charge on any atom is -0.357 e. The second-order valence-corrected chi connectivity index (χ2v) is 4.72. The van der Waals surface area contributed by atoms with Gasteiger partial charge in [0.15, 0.2) is 11.5 Å². The van der Waals surface area contributed by atoms with Crippen LogP contribution in [0, 0.1) is 0 Å². The molecule has 0 bridgehead atoms. The van der Waals surface area contributed by atoms with Gasteiger partial charge < -0.3 is 15.2 Å². The number of likely N-dealkylation sites (N-methyl/N-ethyl adjacent to an activating group) is 1. The monoisotopic (exact) mass is 280 g/mol. The maximum absolute atomic E-state index is 11.9. The summed E-state index contributed by atoms with van der Waals surface area (Å²) in [5.41, 5.74) is 1.22. The van der Waals surface area contributed by atoms with E-state index in [0.29, 0.717) is 17.0 Å². The number of aromatic nitrogens is 4. The Kier molecular flexibility index (Phi) is 2.98. The maximum Gasteiger partial charge on any atom is 0.242 e. The molecular formula is C11H13ClN6O. The van der Waals surface area contributed by atoms with Gasteiger partial charge >= 0.3 is 0 Å². The van der Waals surface area contributed by atoms with Gasteiger partial charge in [-0.05, 0) is 24.4 Å². The van der Waals surface area contributed by atoms with Gasteiger partial charge in [-0.3, -0.25) is 4.79 Å². The number of carbonyl (C=O) groups is 1. The third-order valence-corrected chi connectivity index (χ3v) is 3.48. The molecular weight excluding hydrogens is 268 g/mol. The van der Waals surface area contributed by atoms with E-state index in [1.807, 2.05) is 4.90 Å². The van der Waals surface area contributed by atoms with E-state index in [4.69, 9.17) is 11.6 Å². The van der Waals surface area contributed by atoms with Crippen LogP contribution in [0.25, 0.3) is 11.2 Å². The van der Waals surface area contributed by atoms with Gasteiger partial charge in [-0.15, -0.1) is 0 Å². The molecule has 1 atom stereocenters. The van der Waals surface area contributed by atoms with Crippen LogP contribution in [-0.2, 0) is 4.79 Å². The second kappa shape index (κ2) is 4.65. The van der Waals surface area contributed by atoms with E-state index < -0.39 is 0 Å². The fourth-order valence-electron chi connectivity index (χ4n) is 2.46. The van der Waals surface area contributed by atoms with Gasteiger partial charge in [0.25, 0.3) is 0 Å². The molecule has 1 aliphatic heterocycles. The Balaban J connectivity index is 2.08. The van der Waals surface area contributed by atoms with Crippen LogP contribution in [0.15, 0.2) is 6.33 Å². The zero-order chi connectivity index (χ0) is 13.4. The lowest BCUT2D eigenvalue weighted by atomic mass is 10.2. The number of aromatic amines is 1. The molecule has 1 amide bonds. The topological polar surface area (TPSA) is 86.8 Å². The quantitative estimate of drug-likeness (QED) is 0.792. The Morgan fingerprint density at radius 1 is 1.58 bits per heavy atom. The van der Waals surface area contributed by atoms with Gasteiger partial charge in [-0.2, -0.15) is 9.97 Å². The van der Waals surface area contributed by atoms with Crippen molar-refractivity contribution < 1.29 is 4.79 Å². The lowest BCUT2D eigenvalue weighted by Gasteiger charge is -2.24. The number of anilines is 1. The number of amides is 1. The molecule has 100 valence electrons. The highest BCUT2D eigenvalue weighted by Gasteiger charge is 2.32. The normalized spacial score (nSPS) is 19.1. The first kappa shape index (κ1) is 12.2. The number of H-pyrrole nitrogens is 1. The Morgan fingerprint density at radius 3 is 3.21 bits per heavy atom. The molecule has 1 fully saturated rings. The van der Waals surface area contributed by atoms with Gasteiger partial charge in [0.2, 0.25) is 11.2 Å². The Hall–Kier alpha value is -1.89. The number of carbonyl (C=O) groups excluding carboxylic acids is 1. The summed E-state index contributed by atoms with van der Waals surface area (Å²) in [7, 11) is 1.64. The van der Waals surface area contributed by atoms with Crippen molar-refractivity contribution in [3.05, 3.63) is 11.6 Å². The van der Waals surface area contributed by atoms with Crippen LogP contribution in [-0.4, -0.2) is 45.5 Å². The van der Waals surface area contributed by atoms with E-state index >= 15 is 0 Å². The van der Waals surface area contributed by atoms with E-state index in [2.05, 4.69) is 25.3 Å². The number of imidazole rings is 1. The van der Waals surface area contributed by atoms with Crippen LogP contribution in [0.4, 0.5) is 5.82 Å². The molecule has 1 saturated heterocycles. The van der Waals surface area contributed by atoms with E-state index in [-0.39, 0.29) is 17.2 Å². The van der Waals surface area contributed by atoms with Crippen molar-refractivity contribution in [3.8, 4) is 0 Å². The molecule has 7 nitrogen and oxygen atoms in total. The molecule has 2 aromatic rings. The summed E-state index contributed by atoms with van der Waals surface area (Å²) < 4.78 is 0. The number of nitrogens with zero attached hydrogens (tertiary/aromatic N) is 4. The van der Waals surface area contributed by atoms with Gasteiger partial charge in [0.1, 0.15) is 11.6 Å². The number of nitrogens with one attached hydrogen (secondary N) is 2. The second-order valence-electron chi connectivity index (χ2n) is 4.38. The third kappa shape index (κ3) is 1.99. The van der Waals surface area contributed by atoms with Crippen molar-refractivity contribution >= 4 is 34.5 Å². The lowest BCUT2D eigenvalue weighted by molar-refractivity contribution is -0.121. The Morgan fingerprint density at radius 2 is 2.42 bits per heavy atom. The molecule has 19 heavy (non-hydrogen) atoms. The van der Waals surface area contributed by atoms with Crippen molar-refractivity contribution in [2.24, 2.45) is 0 Å². The van der Waals surface area contributed by atoms with Gasteiger partial charge in [-0.25, -0.2) is 4.98 Å². The van der Waals surface area contributed by atoms with Gasteiger partial charge in [0, 0.05) is 13.6 Å². The van der Waals surface area contributed by atoms with E-state index in [1.165, 1.54) is 0 Å². The lowest BCUT2D eigenvalue weighted by Crippen LogP contribution is -2.42. The number of hydrogen-bond donors (Lipinski definition) is 2. The van der Waals surface area contributed by atoms with Crippen LogP contribution in [0.3, 0.4) is 0 Å². The molecule has 0 spiro atoms. The standard InChI is InChI=1S/C11H13ClN6O/c1-13-10(19)6-3-2-4-18(6)9-7-8(15-5-14-7)16-11(12)17-9/h5-6H,2-4H2,1H3,(H,13,19)(H,14,15,16,17). The van der Waals surface area contributed by atoms with Crippen molar-refractivity contribution in [3.63, 3.8) is 0 Å². The highest BCUT2D eigenvalue weighted by Crippen LogP contribution is 2.29. The molecule has 3 rings (SSSR count). The van der Waals surface area contributed by atoms with Crippen molar-refractivity contribution in [2.75, 3.05) is 18.5 Å². The maximum atomic E-state index is 11.9. The van der Waals surface area contributed by atoms with Crippen LogP contribution in [0.1, 0.15) is 12.8 Å². The number of fused-ring (bicyclic) bond motifs is 1. The SMILES string of the molecule is CNC(=O)C1CCCN1c1nc(Cl)nc2nc[nH]c12.